The van der Waals surface area contributed by atoms with E-state index in [0.29, 0.717) is 14.2 Å². The Hall–Kier alpha value is -1.07. The van der Waals surface area contributed by atoms with Crippen molar-refractivity contribution in [3.63, 3.8) is 0 Å². The Bertz CT molecular complexity index is 1990. The smallest absolute Gasteiger partial charge is 0.376 e. The molecular formula is C14H28O32S7. The summed E-state index contributed by atoms with van der Waals surface area (Å²) in [5.74, 6) is 0. The average Bonchev–Trinajstić information content (AvgIpc) is 2.89. The maximum absolute atomic E-state index is 11.7. The molecule has 1 aliphatic heterocycles. The third-order valence-corrected chi connectivity index (χ3v) is 8.81. The van der Waals surface area contributed by atoms with Crippen molar-refractivity contribution >= 4 is 72.8 Å². The van der Waals surface area contributed by atoms with Crippen LogP contribution in [0.4, 0.5) is 0 Å². The van der Waals surface area contributed by atoms with Gasteiger partial charge in [0.05, 0.1) is 19.8 Å². The van der Waals surface area contributed by atoms with Gasteiger partial charge in [0.15, 0.2) is 12.4 Å². The summed E-state index contributed by atoms with van der Waals surface area (Å²) < 4.78 is 274. The Labute approximate surface area is 300 Å². The van der Waals surface area contributed by atoms with Crippen molar-refractivity contribution < 1.29 is 139 Å². The molecule has 0 bridgehead atoms. The highest BCUT2D eigenvalue weighted by Gasteiger charge is 2.55. The zero-order valence-electron chi connectivity index (χ0n) is 25.5. The first-order valence-corrected chi connectivity index (χ1v) is 21.9. The van der Waals surface area contributed by atoms with Gasteiger partial charge in [0.25, 0.3) is 0 Å². The largest absolute Gasteiger partial charge is 0.397 e. The van der Waals surface area contributed by atoms with Crippen molar-refractivity contribution in [3.8, 4) is 0 Å². The topological polar surface area (TPSA) is 482 Å². The predicted octanol–water partition coefficient (Wildman–Crippen LogP) is -5.66. The molecule has 318 valence electrons. The van der Waals surface area contributed by atoms with Gasteiger partial charge in [0.2, 0.25) is 0 Å². The van der Waals surface area contributed by atoms with Crippen LogP contribution < -0.4 is 0 Å². The maximum Gasteiger partial charge on any atom is 0.397 e. The second kappa shape index (κ2) is 18.9. The third-order valence-electron chi connectivity index (χ3n) is 5.57. The molecule has 0 aromatic carbocycles. The number of rotatable bonds is 24. The molecule has 53 heavy (non-hydrogen) atoms. The quantitative estimate of drug-likeness (QED) is 0.0444. The van der Waals surface area contributed by atoms with Crippen LogP contribution in [0.3, 0.4) is 0 Å². The molecule has 39 heteroatoms. The second-order valence-corrected chi connectivity index (χ2v) is 16.7. The van der Waals surface area contributed by atoms with Crippen LogP contribution in [-0.4, -0.2) is 180 Å². The lowest BCUT2D eigenvalue weighted by molar-refractivity contribution is -0.292. The SMILES string of the molecule is CO[C@@H]([C@H](OC)[C@@H](COS(=O)(=O)O)OS(=O)(=O)O)[C@@H](CO[C@@H]1O[C@H](COS(=O)(=O)O)[C@@H](OS(=O)(=O)O)[C@H](OS(=O)(=O)O)[C@H]1OS(=O)(=O)O)OS(=O)(=O)O. The van der Waals surface area contributed by atoms with Crippen molar-refractivity contribution in [2.45, 2.75) is 55.1 Å². The van der Waals surface area contributed by atoms with Gasteiger partial charge in [-0.25, -0.2) is 29.3 Å². The van der Waals surface area contributed by atoms with Crippen LogP contribution in [-0.2, 0) is 121 Å². The van der Waals surface area contributed by atoms with Gasteiger partial charge in [0, 0.05) is 14.2 Å². The highest BCUT2D eigenvalue weighted by atomic mass is 32.3. The van der Waals surface area contributed by atoms with E-state index in [4.69, 9.17) is 32.6 Å². The Morgan fingerprint density at radius 2 is 0.868 bits per heavy atom. The summed E-state index contributed by atoms with van der Waals surface area (Å²) >= 11 is 0. The molecule has 9 atom stereocenters. The van der Waals surface area contributed by atoms with Crippen LogP contribution in [0.2, 0.25) is 0 Å². The molecule has 1 heterocycles. The van der Waals surface area contributed by atoms with Gasteiger partial charge in [-0.3, -0.25) is 31.9 Å². The summed E-state index contributed by atoms with van der Waals surface area (Å²) in [6.07, 6.45) is -24.4. The Morgan fingerprint density at radius 3 is 1.23 bits per heavy atom. The molecule has 0 aromatic heterocycles. The van der Waals surface area contributed by atoms with Crippen LogP contribution in [0.15, 0.2) is 0 Å². The lowest BCUT2D eigenvalue weighted by Gasteiger charge is -2.43. The van der Waals surface area contributed by atoms with Crippen molar-refractivity contribution in [2.75, 3.05) is 34.0 Å². The van der Waals surface area contributed by atoms with Crippen LogP contribution in [0.5, 0.6) is 0 Å². The Kier molecular flexibility index (Phi) is 17.8. The van der Waals surface area contributed by atoms with E-state index in [1.807, 2.05) is 0 Å². The fraction of sp³-hybridized carbons (Fsp3) is 1.00. The van der Waals surface area contributed by atoms with Crippen LogP contribution in [0, 0.1) is 0 Å². The molecule has 0 saturated carbocycles. The summed E-state index contributed by atoms with van der Waals surface area (Å²) in [5, 5.41) is 0. The summed E-state index contributed by atoms with van der Waals surface area (Å²) in [7, 11) is -39.0. The molecule has 0 aromatic rings. The minimum absolute atomic E-state index is 0.627. The molecule has 1 fully saturated rings. The Morgan fingerprint density at radius 1 is 0.491 bits per heavy atom. The molecule has 1 saturated heterocycles. The highest BCUT2D eigenvalue weighted by molar-refractivity contribution is 7.82. The summed E-state index contributed by atoms with van der Waals surface area (Å²) in [6.45, 7) is -5.02. The maximum atomic E-state index is 11.7. The van der Waals surface area contributed by atoms with E-state index in [2.05, 4.69) is 29.3 Å². The molecule has 1 aliphatic rings. The lowest BCUT2D eigenvalue weighted by Crippen LogP contribution is -2.63. The number of hydrogen-bond acceptors (Lipinski definition) is 25. The molecule has 7 N–H and O–H groups in total. The zero-order chi connectivity index (χ0) is 41.6. The van der Waals surface area contributed by atoms with Crippen molar-refractivity contribution in [1.82, 2.24) is 0 Å². The van der Waals surface area contributed by atoms with E-state index < -0.39 is 148 Å². The van der Waals surface area contributed by atoms with Gasteiger partial charge in [0.1, 0.15) is 42.7 Å². The highest BCUT2D eigenvalue weighted by Crippen LogP contribution is 2.33. The van der Waals surface area contributed by atoms with E-state index in [-0.39, 0.29) is 0 Å². The monoisotopic (exact) mass is 932 g/mol. The zero-order valence-corrected chi connectivity index (χ0v) is 31.2. The van der Waals surface area contributed by atoms with E-state index >= 15 is 0 Å². The van der Waals surface area contributed by atoms with E-state index in [0.717, 1.165) is 0 Å². The van der Waals surface area contributed by atoms with E-state index in [1.54, 1.807) is 0 Å². The first kappa shape index (κ1) is 49.9. The van der Waals surface area contributed by atoms with Crippen molar-refractivity contribution in [1.29, 1.82) is 0 Å². The lowest BCUT2D eigenvalue weighted by atomic mass is 9.99. The fourth-order valence-electron chi connectivity index (χ4n) is 4.05. The molecule has 1 rings (SSSR count). The molecule has 0 amide bonds. The van der Waals surface area contributed by atoms with Crippen LogP contribution >= 0.6 is 0 Å². The predicted molar refractivity (Wildman–Crippen MR) is 153 cm³/mol. The standard InChI is InChI=1S/C14H28O32S7/c1-36-9(10(37-2)8(43-50(24,25)26)5-40-48(18,19)20)7(42-49(21,22)23)3-38-14-13(46-53(33,34)35)12(45-52(30,31)32)11(44-51(27,28)29)6(41-14)4-39-47(15,16)17/h6-14H,3-5H2,1-2H3,(H,15,16,17)(H,18,19,20)(H,21,22,23)(H,24,25,26)(H,27,28,29)(H,30,31,32)(H,33,34,35)/t6-,7-,8-,9-,10-,11-,12+,13-,14-/m1/s1. The number of methoxy groups -OCH3 is 2. The van der Waals surface area contributed by atoms with Gasteiger partial charge < -0.3 is 18.9 Å². The summed E-state index contributed by atoms with van der Waals surface area (Å²) in [6, 6.07) is 0. The van der Waals surface area contributed by atoms with Gasteiger partial charge in [-0.2, -0.15) is 58.9 Å². The number of ether oxygens (including phenoxy) is 4. The molecule has 0 unspecified atom stereocenters. The minimum atomic E-state index is -5.98. The Balaban J connectivity index is 3.90. The average molecular weight is 933 g/mol. The van der Waals surface area contributed by atoms with E-state index in [1.165, 1.54) is 0 Å². The third kappa shape index (κ3) is 20.6. The normalized spacial score (nSPS) is 25.0. The molecular weight excluding hydrogens is 905 g/mol. The minimum Gasteiger partial charge on any atom is -0.376 e. The summed E-state index contributed by atoms with van der Waals surface area (Å²) in [5.41, 5.74) is 0. The van der Waals surface area contributed by atoms with Gasteiger partial charge in [-0.15, -0.1) is 0 Å². The molecule has 0 radical (unpaired) electrons. The first-order chi connectivity index (χ1) is 23.5. The molecule has 0 aliphatic carbocycles. The van der Waals surface area contributed by atoms with Gasteiger partial charge in [-0.05, 0) is 0 Å². The van der Waals surface area contributed by atoms with Gasteiger partial charge in [-0.1, -0.05) is 0 Å². The fourth-order valence-corrected chi connectivity index (χ4v) is 7.12. The van der Waals surface area contributed by atoms with E-state index in [9.17, 15) is 77.1 Å². The van der Waals surface area contributed by atoms with Gasteiger partial charge >= 0.3 is 72.8 Å². The molecule has 32 nitrogen and oxygen atoms in total. The number of hydrogen-bond donors (Lipinski definition) is 7. The van der Waals surface area contributed by atoms with Crippen LogP contribution in [0.25, 0.3) is 0 Å². The molecule has 0 spiro atoms. The van der Waals surface area contributed by atoms with Crippen molar-refractivity contribution in [2.24, 2.45) is 0 Å². The van der Waals surface area contributed by atoms with Crippen molar-refractivity contribution in [3.05, 3.63) is 0 Å². The van der Waals surface area contributed by atoms with Crippen LogP contribution in [0.1, 0.15) is 0 Å². The summed E-state index contributed by atoms with van der Waals surface area (Å²) in [4.78, 5) is 0. The first-order valence-electron chi connectivity index (χ1n) is 12.4. The second-order valence-electron chi connectivity index (χ2n) is 9.29.